The van der Waals surface area contributed by atoms with Crippen LogP contribution in [0.2, 0.25) is 5.02 Å². The molecule has 0 unspecified atom stereocenters. The maximum atomic E-state index is 9.75. The third kappa shape index (κ3) is 2.38. The summed E-state index contributed by atoms with van der Waals surface area (Å²) in [6, 6.07) is 4.14. The molecule has 2 atom stereocenters. The van der Waals surface area contributed by atoms with Gasteiger partial charge in [-0.15, -0.1) is 0 Å². The lowest BCUT2D eigenvalue weighted by Gasteiger charge is -2.18. The Hall–Kier alpha value is -0.770. The van der Waals surface area contributed by atoms with Gasteiger partial charge < -0.3 is 15.9 Å². The Bertz CT molecular complexity index is 317. The van der Waals surface area contributed by atoms with Crippen molar-refractivity contribution in [2.75, 3.05) is 0 Å². The summed E-state index contributed by atoms with van der Waals surface area (Å²) in [5.74, 6) is 0.0193. The van der Waals surface area contributed by atoms with Gasteiger partial charge in [0.05, 0.1) is 6.10 Å². The first-order chi connectivity index (χ1) is 6.56. The Labute approximate surface area is 88.1 Å². The SMILES string of the molecule is CC[C@@H](N)[C@@H](O)c1cc(Cl)ccc1O. The van der Waals surface area contributed by atoms with Crippen LogP contribution in [-0.4, -0.2) is 16.3 Å². The summed E-state index contributed by atoms with van der Waals surface area (Å²) in [5, 5.41) is 19.7. The summed E-state index contributed by atoms with van der Waals surface area (Å²) in [4.78, 5) is 0. The second-order valence-electron chi connectivity index (χ2n) is 3.22. The molecule has 0 heterocycles. The zero-order valence-electron chi connectivity index (χ0n) is 7.94. The van der Waals surface area contributed by atoms with Crippen molar-refractivity contribution in [1.82, 2.24) is 0 Å². The first-order valence-electron chi connectivity index (χ1n) is 4.48. The molecule has 1 rings (SSSR count). The summed E-state index contributed by atoms with van der Waals surface area (Å²) in [5.41, 5.74) is 6.04. The number of rotatable bonds is 3. The molecule has 1 aromatic carbocycles. The van der Waals surface area contributed by atoms with Crippen LogP contribution >= 0.6 is 11.6 Å². The molecule has 0 aromatic heterocycles. The van der Waals surface area contributed by atoms with E-state index in [9.17, 15) is 10.2 Å². The molecule has 0 aliphatic heterocycles. The summed E-state index contributed by atoms with van der Waals surface area (Å²) < 4.78 is 0. The number of aliphatic hydroxyl groups excluding tert-OH is 1. The number of nitrogens with two attached hydrogens (primary N) is 1. The number of phenols is 1. The van der Waals surface area contributed by atoms with Crippen LogP contribution in [0.1, 0.15) is 25.0 Å². The largest absolute Gasteiger partial charge is 0.508 e. The van der Waals surface area contributed by atoms with E-state index in [1.54, 1.807) is 6.07 Å². The average Bonchev–Trinajstić information content (AvgIpc) is 2.19. The van der Waals surface area contributed by atoms with E-state index in [1.807, 2.05) is 6.92 Å². The number of aliphatic hydroxyl groups is 1. The van der Waals surface area contributed by atoms with E-state index in [0.29, 0.717) is 17.0 Å². The van der Waals surface area contributed by atoms with E-state index in [2.05, 4.69) is 0 Å². The smallest absolute Gasteiger partial charge is 0.121 e. The highest BCUT2D eigenvalue weighted by Crippen LogP contribution is 2.29. The number of hydrogen-bond acceptors (Lipinski definition) is 3. The minimum atomic E-state index is -0.876. The lowest BCUT2D eigenvalue weighted by atomic mass is 10.0. The zero-order valence-corrected chi connectivity index (χ0v) is 8.70. The van der Waals surface area contributed by atoms with Crippen molar-refractivity contribution in [2.45, 2.75) is 25.5 Å². The molecule has 0 radical (unpaired) electrons. The van der Waals surface area contributed by atoms with Gasteiger partial charge in [-0.3, -0.25) is 0 Å². The van der Waals surface area contributed by atoms with E-state index in [4.69, 9.17) is 17.3 Å². The van der Waals surface area contributed by atoms with E-state index >= 15 is 0 Å². The minimum absolute atomic E-state index is 0.0193. The normalized spacial score (nSPS) is 15.1. The van der Waals surface area contributed by atoms with E-state index < -0.39 is 6.10 Å². The van der Waals surface area contributed by atoms with Gasteiger partial charge in [-0.05, 0) is 24.6 Å². The third-order valence-electron chi connectivity index (χ3n) is 2.19. The van der Waals surface area contributed by atoms with Crippen molar-refractivity contribution in [1.29, 1.82) is 0 Å². The number of halogens is 1. The summed E-state index contributed by atoms with van der Waals surface area (Å²) >= 11 is 5.75. The van der Waals surface area contributed by atoms with Gasteiger partial charge in [-0.1, -0.05) is 18.5 Å². The van der Waals surface area contributed by atoms with Gasteiger partial charge in [0.15, 0.2) is 0 Å². The summed E-state index contributed by atoms with van der Waals surface area (Å²) in [6.45, 7) is 1.87. The highest BCUT2D eigenvalue weighted by Gasteiger charge is 2.18. The Morgan fingerprint density at radius 1 is 1.50 bits per heavy atom. The van der Waals surface area contributed by atoms with E-state index in [0.717, 1.165) is 0 Å². The maximum absolute atomic E-state index is 9.75. The lowest BCUT2D eigenvalue weighted by Crippen LogP contribution is -2.27. The molecule has 1 aromatic rings. The first kappa shape index (κ1) is 11.3. The predicted octanol–water partition coefficient (Wildman–Crippen LogP) is 1.82. The number of benzene rings is 1. The van der Waals surface area contributed by atoms with Crippen LogP contribution < -0.4 is 5.73 Å². The number of phenolic OH excluding ortho intramolecular Hbond substituents is 1. The van der Waals surface area contributed by atoms with Gasteiger partial charge in [0.1, 0.15) is 5.75 Å². The van der Waals surface area contributed by atoms with Gasteiger partial charge in [0.2, 0.25) is 0 Å². The second-order valence-corrected chi connectivity index (χ2v) is 3.66. The third-order valence-corrected chi connectivity index (χ3v) is 2.42. The van der Waals surface area contributed by atoms with Gasteiger partial charge in [-0.25, -0.2) is 0 Å². The molecule has 0 saturated carbocycles. The van der Waals surface area contributed by atoms with Crippen LogP contribution in [-0.2, 0) is 0 Å². The molecule has 0 fully saturated rings. The molecule has 0 amide bonds. The van der Waals surface area contributed by atoms with E-state index in [-0.39, 0.29) is 11.8 Å². The molecule has 0 aliphatic rings. The Morgan fingerprint density at radius 3 is 2.71 bits per heavy atom. The molecule has 78 valence electrons. The topological polar surface area (TPSA) is 66.5 Å². The van der Waals surface area contributed by atoms with Gasteiger partial charge >= 0.3 is 0 Å². The monoisotopic (exact) mass is 215 g/mol. The summed E-state index contributed by atoms with van der Waals surface area (Å²) in [6.07, 6.45) is -0.244. The molecule has 14 heavy (non-hydrogen) atoms. The highest BCUT2D eigenvalue weighted by molar-refractivity contribution is 6.30. The van der Waals surface area contributed by atoms with Crippen LogP contribution in [0.5, 0.6) is 5.75 Å². The van der Waals surface area contributed by atoms with Crippen molar-refractivity contribution in [3.8, 4) is 5.75 Å². The first-order valence-corrected chi connectivity index (χ1v) is 4.86. The van der Waals surface area contributed by atoms with Crippen LogP contribution in [0.25, 0.3) is 0 Å². The standard InChI is InChI=1S/C10H14ClNO2/c1-2-8(12)10(14)7-5-6(11)3-4-9(7)13/h3-5,8,10,13-14H,2,12H2,1H3/t8-,10+/m1/s1. The molecule has 0 spiro atoms. The van der Waals surface area contributed by atoms with Crippen molar-refractivity contribution < 1.29 is 10.2 Å². The molecule has 0 bridgehead atoms. The molecule has 4 heteroatoms. The van der Waals surface area contributed by atoms with Crippen molar-refractivity contribution in [3.05, 3.63) is 28.8 Å². The summed E-state index contributed by atoms with van der Waals surface area (Å²) in [7, 11) is 0. The molecule has 0 aliphatic carbocycles. The zero-order chi connectivity index (χ0) is 10.7. The Morgan fingerprint density at radius 2 is 2.14 bits per heavy atom. The Balaban J connectivity index is 2.99. The lowest BCUT2D eigenvalue weighted by molar-refractivity contribution is 0.141. The molecule has 0 saturated heterocycles. The quantitative estimate of drug-likeness (QED) is 0.721. The highest BCUT2D eigenvalue weighted by atomic mass is 35.5. The van der Waals surface area contributed by atoms with Crippen LogP contribution in [0.3, 0.4) is 0 Å². The van der Waals surface area contributed by atoms with E-state index in [1.165, 1.54) is 12.1 Å². The van der Waals surface area contributed by atoms with Crippen molar-refractivity contribution in [2.24, 2.45) is 5.73 Å². The van der Waals surface area contributed by atoms with Gasteiger partial charge in [0, 0.05) is 16.6 Å². The molecule has 4 N–H and O–H groups in total. The fraction of sp³-hybridized carbons (Fsp3) is 0.400. The maximum Gasteiger partial charge on any atom is 0.121 e. The van der Waals surface area contributed by atoms with Crippen molar-refractivity contribution >= 4 is 11.6 Å². The van der Waals surface area contributed by atoms with Crippen LogP contribution in [0, 0.1) is 0 Å². The van der Waals surface area contributed by atoms with Gasteiger partial charge in [-0.2, -0.15) is 0 Å². The molecular formula is C10H14ClNO2. The fourth-order valence-corrected chi connectivity index (χ4v) is 1.40. The number of hydrogen-bond donors (Lipinski definition) is 3. The fourth-order valence-electron chi connectivity index (χ4n) is 1.22. The molecule has 3 nitrogen and oxygen atoms in total. The number of aromatic hydroxyl groups is 1. The Kier molecular flexibility index (Phi) is 3.75. The minimum Gasteiger partial charge on any atom is -0.508 e. The van der Waals surface area contributed by atoms with Gasteiger partial charge in [0.25, 0.3) is 0 Å². The van der Waals surface area contributed by atoms with Crippen LogP contribution in [0.4, 0.5) is 0 Å². The predicted molar refractivity (Wildman–Crippen MR) is 56.3 cm³/mol. The molecular weight excluding hydrogens is 202 g/mol. The average molecular weight is 216 g/mol. The van der Waals surface area contributed by atoms with Crippen LogP contribution in [0.15, 0.2) is 18.2 Å². The van der Waals surface area contributed by atoms with Crippen molar-refractivity contribution in [3.63, 3.8) is 0 Å². The second kappa shape index (κ2) is 4.64.